The van der Waals surface area contributed by atoms with Gasteiger partial charge in [0.2, 0.25) is 0 Å². The van der Waals surface area contributed by atoms with Gasteiger partial charge < -0.3 is 9.90 Å². The molecule has 4 saturated carbocycles. The Hall–Kier alpha value is -0.370. The van der Waals surface area contributed by atoms with Gasteiger partial charge in [-0.3, -0.25) is 0 Å². The molecule has 0 heterocycles. The number of hydrogen-bond acceptors (Lipinski definition) is 2. The van der Waals surface area contributed by atoms with E-state index in [0.29, 0.717) is 5.92 Å². The fraction of sp³-hybridized carbons (Fsp3) is 0.955. The fourth-order valence-corrected chi connectivity index (χ4v) is 7.72. The maximum Gasteiger partial charge on any atom is 0.123 e. The molecule has 0 aromatic heterocycles. The van der Waals surface area contributed by atoms with E-state index in [9.17, 15) is 9.90 Å². The molecule has 2 nitrogen and oxygen atoms in total. The minimum Gasteiger partial charge on any atom is -0.390 e. The second-order valence-corrected chi connectivity index (χ2v) is 10.2. The smallest absolute Gasteiger partial charge is 0.123 e. The van der Waals surface area contributed by atoms with Crippen molar-refractivity contribution < 1.29 is 9.90 Å². The van der Waals surface area contributed by atoms with Crippen LogP contribution >= 0.6 is 0 Å². The van der Waals surface area contributed by atoms with E-state index >= 15 is 0 Å². The minimum absolute atomic E-state index is 0.270. The first-order valence-corrected chi connectivity index (χ1v) is 10.6. The predicted molar refractivity (Wildman–Crippen MR) is 96.5 cm³/mol. The average molecular weight is 333 g/mol. The second kappa shape index (κ2) is 6.11. The van der Waals surface area contributed by atoms with E-state index < -0.39 is 5.60 Å². The topological polar surface area (TPSA) is 37.3 Å². The lowest BCUT2D eigenvalue weighted by molar-refractivity contribution is -0.130. The molecule has 0 aromatic carbocycles. The van der Waals surface area contributed by atoms with Crippen molar-refractivity contribution in [2.24, 2.45) is 40.9 Å². The third kappa shape index (κ3) is 2.68. The molecular weight excluding hydrogens is 296 g/mol. The maximum absolute atomic E-state index is 11.8. The van der Waals surface area contributed by atoms with E-state index in [4.69, 9.17) is 0 Å². The van der Waals surface area contributed by atoms with Crippen LogP contribution in [0.3, 0.4) is 0 Å². The largest absolute Gasteiger partial charge is 0.390 e. The van der Waals surface area contributed by atoms with Crippen molar-refractivity contribution in [3.63, 3.8) is 0 Å². The molecule has 4 rings (SSSR count). The summed E-state index contributed by atoms with van der Waals surface area (Å²) in [7, 11) is 0. The summed E-state index contributed by atoms with van der Waals surface area (Å²) in [5.41, 5.74) is -0.144. The SMILES string of the molecule is C[C@@]1(O)CC[C@H]2[C@H](CC[C@@H]3[C@@H]2CC[C@]2(C)C(C=O)CCCC[C@@H]32)C1. The molecule has 0 bridgehead atoms. The highest BCUT2D eigenvalue weighted by Gasteiger charge is 2.55. The highest BCUT2D eigenvalue weighted by molar-refractivity contribution is 5.55. The standard InChI is InChI=1S/C22H36O2/c1-21(24)11-9-17-15(13-21)7-8-19-18(17)10-12-22(2)16(14-23)5-3-4-6-20(19)22/h14-20,24H,3-13H2,1-2H3/t15-,16?,17+,18-,19-,20+,21-,22-/m1/s1. The fourth-order valence-electron chi connectivity index (χ4n) is 7.72. The van der Waals surface area contributed by atoms with Crippen LogP contribution in [0, 0.1) is 40.9 Å². The van der Waals surface area contributed by atoms with Crippen LogP contribution in [0.5, 0.6) is 0 Å². The molecule has 24 heavy (non-hydrogen) atoms. The zero-order chi connectivity index (χ0) is 16.9. The molecule has 0 amide bonds. The zero-order valence-corrected chi connectivity index (χ0v) is 15.7. The van der Waals surface area contributed by atoms with Gasteiger partial charge in [-0.15, -0.1) is 0 Å². The number of fused-ring (bicyclic) bond motifs is 5. The summed E-state index contributed by atoms with van der Waals surface area (Å²) in [6, 6.07) is 0. The first-order valence-electron chi connectivity index (χ1n) is 10.6. The first kappa shape index (κ1) is 17.1. The summed E-state index contributed by atoms with van der Waals surface area (Å²) in [6.07, 6.45) is 14.9. The molecule has 136 valence electrons. The minimum atomic E-state index is -0.415. The van der Waals surface area contributed by atoms with Gasteiger partial charge in [0.15, 0.2) is 0 Å². The van der Waals surface area contributed by atoms with Crippen LogP contribution in [0.15, 0.2) is 0 Å². The van der Waals surface area contributed by atoms with Crippen LogP contribution in [0.2, 0.25) is 0 Å². The lowest BCUT2D eigenvalue weighted by Crippen LogP contribution is -2.52. The van der Waals surface area contributed by atoms with Crippen molar-refractivity contribution in [1.29, 1.82) is 0 Å². The molecule has 0 saturated heterocycles. The van der Waals surface area contributed by atoms with E-state index in [1.807, 2.05) is 6.92 Å². The van der Waals surface area contributed by atoms with E-state index in [-0.39, 0.29) is 5.41 Å². The van der Waals surface area contributed by atoms with Crippen molar-refractivity contribution in [1.82, 2.24) is 0 Å². The molecule has 0 radical (unpaired) electrons. The maximum atomic E-state index is 11.8. The van der Waals surface area contributed by atoms with E-state index in [1.54, 1.807) is 0 Å². The van der Waals surface area contributed by atoms with Gasteiger partial charge in [0.25, 0.3) is 0 Å². The molecular formula is C22H36O2. The summed E-state index contributed by atoms with van der Waals surface area (Å²) in [4.78, 5) is 11.8. The highest BCUT2D eigenvalue weighted by Crippen LogP contribution is 2.62. The Labute approximate surface area is 147 Å². The van der Waals surface area contributed by atoms with E-state index in [0.717, 1.165) is 48.9 Å². The first-order chi connectivity index (χ1) is 11.4. The van der Waals surface area contributed by atoms with Crippen LogP contribution < -0.4 is 0 Å². The molecule has 1 unspecified atom stereocenters. The van der Waals surface area contributed by atoms with Crippen molar-refractivity contribution in [2.45, 2.75) is 90.1 Å². The van der Waals surface area contributed by atoms with Crippen molar-refractivity contribution >= 4 is 6.29 Å². The van der Waals surface area contributed by atoms with Crippen LogP contribution in [-0.4, -0.2) is 17.0 Å². The summed E-state index contributed by atoms with van der Waals surface area (Å²) in [6.45, 7) is 4.50. The Morgan fingerprint density at radius 1 is 0.875 bits per heavy atom. The number of hydrogen-bond donors (Lipinski definition) is 1. The number of rotatable bonds is 1. The Bertz CT molecular complexity index is 484. The van der Waals surface area contributed by atoms with Gasteiger partial charge >= 0.3 is 0 Å². The average Bonchev–Trinajstić information content (AvgIpc) is 2.71. The molecule has 8 atom stereocenters. The molecule has 4 aliphatic rings. The number of carbonyl (C=O) groups excluding carboxylic acids is 1. The van der Waals surface area contributed by atoms with Gasteiger partial charge in [0.05, 0.1) is 5.60 Å². The molecule has 0 spiro atoms. The molecule has 0 aromatic rings. The number of aliphatic hydroxyl groups is 1. The van der Waals surface area contributed by atoms with Crippen molar-refractivity contribution in [2.75, 3.05) is 0 Å². The molecule has 4 aliphatic carbocycles. The normalized spacial score (nSPS) is 54.8. The van der Waals surface area contributed by atoms with Gasteiger partial charge in [0.1, 0.15) is 6.29 Å². The summed E-state index contributed by atoms with van der Waals surface area (Å²) >= 11 is 0. The van der Waals surface area contributed by atoms with Crippen LogP contribution in [0.1, 0.15) is 84.5 Å². The van der Waals surface area contributed by atoms with Gasteiger partial charge in [-0.25, -0.2) is 0 Å². The van der Waals surface area contributed by atoms with Crippen LogP contribution in [0.4, 0.5) is 0 Å². The van der Waals surface area contributed by atoms with Crippen molar-refractivity contribution in [3.05, 3.63) is 0 Å². The van der Waals surface area contributed by atoms with E-state index in [2.05, 4.69) is 6.92 Å². The monoisotopic (exact) mass is 332 g/mol. The lowest BCUT2D eigenvalue weighted by Gasteiger charge is -2.58. The molecule has 4 fully saturated rings. The number of aldehydes is 1. The Morgan fingerprint density at radius 3 is 2.42 bits per heavy atom. The Balaban J connectivity index is 1.58. The van der Waals surface area contributed by atoms with Gasteiger partial charge in [-0.05, 0) is 99.7 Å². The van der Waals surface area contributed by atoms with Crippen LogP contribution in [-0.2, 0) is 4.79 Å². The second-order valence-electron chi connectivity index (χ2n) is 10.2. The summed E-state index contributed by atoms with van der Waals surface area (Å²) in [5, 5.41) is 10.5. The highest BCUT2D eigenvalue weighted by atomic mass is 16.3. The van der Waals surface area contributed by atoms with Crippen molar-refractivity contribution in [3.8, 4) is 0 Å². The Morgan fingerprint density at radius 2 is 1.62 bits per heavy atom. The van der Waals surface area contributed by atoms with Crippen LogP contribution in [0.25, 0.3) is 0 Å². The summed E-state index contributed by atoms with van der Waals surface area (Å²) < 4.78 is 0. The zero-order valence-electron chi connectivity index (χ0n) is 15.7. The Kier molecular flexibility index (Phi) is 4.34. The molecule has 1 N–H and O–H groups in total. The quantitative estimate of drug-likeness (QED) is 0.687. The third-order valence-corrected chi connectivity index (χ3v) is 8.97. The predicted octanol–water partition coefficient (Wildman–Crippen LogP) is 4.99. The lowest BCUT2D eigenvalue weighted by atomic mass is 9.47. The van der Waals surface area contributed by atoms with Gasteiger partial charge in [0, 0.05) is 5.92 Å². The number of carbonyl (C=O) groups is 1. The molecule has 2 heteroatoms. The third-order valence-electron chi connectivity index (χ3n) is 8.97. The van der Waals surface area contributed by atoms with Gasteiger partial charge in [-0.1, -0.05) is 19.8 Å². The molecule has 0 aliphatic heterocycles. The summed E-state index contributed by atoms with van der Waals surface area (Å²) in [5.74, 6) is 4.42. The van der Waals surface area contributed by atoms with E-state index in [1.165, 1.54) is 57.7 Å². The van der Waals surface area contributed by atoms with Gasteiger partial charge in [-0.2, -0.15) is 0 Å².